The molecule has 0 atom stereocenters. The first kappa shape index (κ1) is 12.3. The fraction of sp³-hybridized carbons (Fsp3) is 0.357. The summed E-state index contributed by atoms with van der Waals surface area (Å²) in [6, 6.07) is 4.96. The summed E-state index contributed by atoms with van der Waals surface area (Å²) >= 11 is 0. The van der Waals surface area contributed by atoms with E-state index in [2.05, 4.69) is 10.4 Å². The fourth-order valence-electron chi connectivity index (χ4n) is 2.03. The van der Waals surface area contributed by atoms with Crippen LogP contribution in [0.3, 0.4) is 0 Å². The van der Waals surface area contributed by atoms with Crippen molar-refractivity contribution in [2.45, 2.75) is 32.4 Å². The van der Waals surface area contributed by atoms with Gasteiger partial charge in [-0.05, 0) is 43.5 Å². The maximum absolute atomic E-state index is 14.0. The molecule has 100 valence electrons. The smallest absolute Gasteiger partial charge is 0.152 e. The highest BCUT2D eigenvalue weighted by molar-refractivity contribution is 5.38. The Labute approximate surface area is 110 Å². The molecule has 1 heterocycles. The van der Waals surface area contributed by atoms with Crippen LogP contribution >= 0.6 is 0 Å². The summed E-state index contributed by atoms with van der Waals surface area (Å²) < 4.78 is 29.3. The van der Waals surface area contributed by atoms with Crippen LogP contribution in [0.25, 0.3) is 5.69 Å². The summed E-state index contributed by atoms with van der Waals surface area (Å²) in [6.07, 6.45) is 3.85. The van der Waals surface area contributed by atoms with Crippen molar-refractivity contribution in [2.24, 2.45) is 0 Å². The Balaban J connectivity index is 1.88. The molecule has 3 rings (SSSR count). The van der Waals surface area contributed by atoms with E-state index in [9.17, 15) is 8.78 Å². The van der Waals surface area contributed by atoms with Crippen molar-refractivity contribution in [3.63, 3.8) is 0 Å². The van der Waals surface area contributed by atoms with Gasteiger partial charge in [-0.2, -0.15) is 5.10 Å². The van der Waals surface area contributed by atoms with Gasteiger partial charge in [-0.3, -0.25) is 0 Å². The van der Waals surface area contributed by atoms with E-state index in [1.165, 1.54) is 16.8 Å². The van der Waals surface area contributed by atoms with Gasteiger partial charge in [-0.25, -0.2) is 13.5 Å². The molecule has 0 amide bonds. The minimum absolute atomic E-state index is 0.122. The van der Waals surface area contributed by atoms with Crippen molar-refractivity contribution < 1.29 is 8.78 Å². The molecule has 1 N–H and O–H groups in total. The lowest BCUT2D eigenvalue weighted by Crippen LogP contribution is -2.16. The van der Waals surface area contributed by atoms with Crippen LogP contribution in [-0.2, 0) is 6.54 Å². The van der Waals surface area contributed by atoms with Crippen LogP contribution in [0, 0.1) is 18.6 Å². The molecule has 0 spiro atoms. The molecular formula is C14H15F2N3. The molecular weight excluding hydrogens is 248 g/mol. The zero-order valence-electron chi connectivity index (χ0n) is 10.7. The third-order valence-electron chi connectivity index (χ3n) is 3.20. The molecule has 1 aliphatic rings. The SMILES string of the molecule is Cc1ccn(-c2c(F)cc(CNC3CC3)cc2F)n1. The van der Waals surface area contributed by atoms with Crippen LogP contribution in [0.15, 0.2) is 24.4 Å². The lowest BCUT2D eigenvalue weighted by molar-refractivity contribution is 0.553. The number of halogens is 2. The largest absolute Gasteiger partial charge is 0.310 e. The van der Waals surface area contributed by atoms with Gasteiger partial charge in [0.25, 0.3) is 0 Å². The molecule has 3 nitrogen and oxygen atoms in total. The van der Waals surface area contributed by atoms with E-state index in [1.807, 2.05) is 0 Å². The second kappa shape index (κ2) is 4.74. The highest BCUT2D eigenvalue weighted by atomic mass is 19.1. The minimum Gasteiger partial charge on any atom is -0.310 e. The van der Waals surface area contributed by atoms with Gasteiger partial charge in [0, 0.05) is 18.8 Å². The molecule has 0 saturated heterocycles. The van der Waals surface area contributed by atoms with Crippen LogP contribution < -0.4 is 5.32 Å². The molecule has 1 saturated carbocycles. The predicted molar refractivity (Wildman–Crippen MR) is 68.1 cm³/mol. The minimum atomic E-state index is -0.587. The molecule has 5 heteroatoms. The number of hydrogen-bond acceptors (Lipinski definition) is 2. The number of nitrogens with zero attached hydrogens (tertiary/aromatic N) is 2. The average molecular weight is 263 g/mol. The second-order valence-corrected chi connectivity index (χ2v) is 4.96. The van der Waals surface area contributed by atoms with Gasteiger partial charge in [0.2, 0.25) is 0 Å². The Bertz CT molecular complexity index is 579. The lowest BCUT2D eigenvalue weighted by Gasteiger charge is -2.09. The van der Waals surface area contributed by atoms with Crippen molar-refractivity contribution in [3.05, 3.63) is 47.3 Å². The van der Waals surface area contributed by atoms with E-state index < -0.39 is 11.6 Å². The number of benzene rings is 1. The first-order chi connectivity index (χ1) is 9.13. The summed E-state index contributed by atoms with van der Waals surface area (Å²) in [5, 5.41) is 7.27. The van der Waals surface area contributed by atoms with Gasteiger partial charge in [0.15, 0.2) is 11.6 Å². The number of nitrogens with one attached hydrogen (secondary N) is 1. The van der Waals surface area contributed by atoms with Gasteiger partial charge < -0.3 is 5.32 Å². The van der Waals surface area contributed by atoms with Crippen LogP contribution in [-0.4, -0.2) is 15.8 Å². The summed E-state index contributed by atoms with van der Waals surface area (Å²) in [4.78, 5) is 0. The lowest BCUT2D eigenvalue weighted by atomic mass is 10.2. The van der Waals surface area contributed by atoms with E-state index >= 15 is 0 Å². The molecule has 2 aromatic rings. The molecule has 0 unspecified atom stereocenters. The highest BCUT2D eigenvalue weighted by Crippen LogP contribution is 2.22. The molecule has 1 aromatic heterocycles. The zero-order chi connectivity index (χ0) is 13.4. The van der Waals surface area contributed by atoms with Crippen LogP contribution in [0.1, 0.15) is 24.1 Å². The van der Waals surface area contributed by atoms with Gasteiger partial charge >= 0.3 is 0 Å². The highest BCUT2D eigenvalue weighted by Gasteiger charge is 2.21. The van der Waals surface area contributed by atoms with Gasteiger partial charge in [0.1, 0.15) is 5.69 Å². The molecule has 1 aromatic carbocycles. The molecule has 19 heavy (non-hydrogen) atoms. The number of aromatic nitrogens is 2. The summed E-state index contributed by atoms with van der Waals surface area (Å²) in [5.41, 5.74) is 1.22. The standard InChI is InChI=1S/C14H15F2N3/c1-9-4-5-19(18-9)14-12(15)6-10(7-13(14)16)8-17-11-2-3-11/h4-7,11,17H,2-3,8H2,1H3. The Morgan fingerprint density at radius 2 is 2.00 bits per heavy atom. The van der Waals surface area contributed by atoms with Crippen molar-refractivity contribution >= 4 is 0 Å². The van der Waals surface area contributed by atoms with Crippen molar-refractivity contribution in [3.8, 4) is 5.69 Å². The summed E-state index contributed by atoms with van der Waals surface area (Å²) in [5.74, 6) is -1.17. The van der Waals surface area contributed by atoms with Gasteiger partial charge in [-0.1, -0.05) is 0 Å². The maximum atomic E-state index is 14.0. The van der Waals surface area contributed by atoms with E-state index in [0.29, 0.717) is 18.2 Å². The zero-order valence-corrected chi connectivity index (χ0v) is 10.7. The van der Waals surface area contributed by atoms with Crippen molar-refractivity contribution in [2.75, 3.05) is 0 Å². The van der Waals surface area contributed by atoms with E-state index in [0.717, 1.165) is 18.5 Å². The topological polar surface area (TPSA) is 29.9 Å². The Kier molecular flexibility index (Phi) is 3.06. The Morgan fingerprint density at radius 3 is 2.53 bits per heavy atom. The van der Waals surface area contributed by atoms with Crippen LogP contribution in [0.5, 0.6) is 0 Å². The van der Waals surface area contributed by atoms with Crippen LogP contribution in [0.4, 0.5) is 8.78 Å². The third kappa shape index (κ3) is 2.66. The molecule has 1 fully saturated rings. The monoisotopic (exact) mass is 263 g/mol. The third-order valence-corrected chi connectivity index (χ3v) is 3.20. The van der Waals surface area contributed by atoms with E-state index in [-0.39, 0.29) is 5.69 Å². The second-order valence-electron chi connectivity index (χ2n) is 4.96. The Morgan fingerprint density at radius 1 is 1.32 bits per heavy atom. The Hall–Kier alpha value is -1.75. The number of rotatable bonds is 4. The van der Waals surface area contributed by atoms with Gasteiger partial charge in [-0.15, -0.1) is 0 Å². The fourth-order valence-corrected chi connectivity index (χ4v) is 2.03. The van der Waals surface area contributed by atoms with E-state index in [4.69, 9.17) is 0 Å². The summed E-state index contributed by atoms with van der Waals surface area (Å²) in [6.45, 7) is 2.27. The summed E-state index contributed by atoms with van der Waals surface area (Å²) in [7, 11) is 0. The van der Waals surface area contributed by atoms with Crippen LogP contribution in [0.2, 0.25) is 0 Å². The predicted octanol–water partition coefficient (Wildman–Crippen LogP) is 2.71. The number of aryl methyl sites for hydroxylation is 1. The maximum Gasteiger partial charge on any atom is 0.152 e. The number of hydrogen-bond donors (Lipinski definition) is 1. The average Bonchev–Trinajstić information content (AvgIpc) is 3.09. The molecule has 0 radical (unpaired) electrons. The van der Waals surface area contributed by atoms with Crippen molar-refractivity contribution in [1.82, 2.24) is 15.1 Å². The van der Waals surface area contributed by atoms with Gasteiger partial charge in [0.05, 0.1) is 5.69 Å². The molecule has 0 bridgehead atoms. The molecule has 0 aliphatic heterocycles. The first-order valence-corrected chi connectivity index (χ1v) is 6.37. The first-order valence-electron chi connectivity index (χ1n) is 6.37. The van der Waals surface area contributed by atoms with E-state index in [1.54, 1.807) is 19.2 Å². The quantitative estimate of drug-likeness (QED) is 0.919. The molecule has 1 aliphatic carbocycles. The van der Waals surface area contributed by atoms with Crippen molar-refractivity contribution in [1.29, 1.82) is 0 Å². The normalized spacial score (nSPS) is 14.9.